The zero-order valence-corrected chi connectivity index (χ0v) is 11.5. The third-order valence-electron chi connectivity index (χ3n) is 2.56. The molecule has 6 heteroatoms. The number of hydrogen-bond acceptors (Lipinski definition) is 5. The number of hydrogen-bond donors (Lipinski definition) is 1. The zero-order valence-electron chi connectivity index (χ0n) is 9.04. The van der Waals surface area contributed by atoms with Crippen molar-refractivity contribution in [3.05, 3.63) is 16.1 Å². The Balaban J connectivity index is 2.09. The van der Waals surface area contributed by atoms with Crippen molar-refractivity contribution in [1.82, 2.24) is 4.98 Å². The molecule has 0 amide bonds. The molecule has 2 rings (SSSR count). The van der Waals surface area contributed by atoms with E-state index in [0.717, 1.165) is 10.8 Å². The number of carboxylic acid groups (broad SMARTS) is 1. The van der Waals surface area contributed by atoms with E-state index in [1.165, 1.54) is 17.5 Å². The molecule has 3 atom stereocenters. The monoisotopic (exact) mass is 275 g/mol. The van der Waals surface area contributed by atoms with Crippen molar-refractivity contribution in [2.24, 2.45) is 0 Å². The summed E-state index contributed by atoms with van der Waals surface area (Å²) in [6.45, 7) is 4.46. The maximum Gasteiger partial charge on any atom is 0.347 e. The van der Waals surface area contributed by atoms with Gasteiger partial charge in [-0.2, -0.15) is 11.8 Å². The highest BCUT2D eigenvalue weighted by atomic mass is 32.2. The van der Waals surface area contributed by atoms with E-state index in [2.05, 4.69) is 18.8 Å². The molecule has 2 heterocycles. The lowest BCUT2D eigenvalue weighted by Gasteiger charge is -2.29. The Labute approximate surface area is 107 Å². The maximum atomic E-state index is 10.8. The summed E-state index contributed by atoms with van der Waals surface area (Å²) in [6.07, 6.45) is 1.47. The van der Waals surface area contributed by atoms with E-state index < -0.39 is 5.97 Å². The number of aromatic carboxylic acids is 1. The lowest BCUT2D eigenvalue weighted by atomic mass is 10.4. The highest BCUT2D eigenvalue weighted by molar-refractivity contribution is 8.07. The van der Waals surface area contributed by atoms with Crippen molar-refractivity contribution in [3.8, 4) is 0 Å². The van der Waals surface area contributed by atoms with E-state index in [1.54, 1.807) is 0 Å². The zero-order chi connectivity index (χ0) is 11.7. The Morgan fingerprint density at radius 2 is 2.25 bits per heavy atom. The van der Waals surface area contributed by atoms with E-state index >= 15 is 0 Å². The second-order valence-corrected chi connectivity index (χ2v) is 7.79. The van der Waals surface area contributed by atoms with E-state index in [9.17, 15) is 4.79 Å². The summed E-state index contributed by atoms with van der Waals surface area (Å²) in [6, 6.07) is 0. The summed E-state index contributed by atoms with van der Waals surface area (Å²) in [5.74, 6) is 0.154. The van der Waals surface area contributed by atoms with Crippen LogP contribution in [-0.2, 0) is 0 Å². The molecule has 0 radical (unpaired) electrons. The van der Waals surface area contributed by atoms with Gasteiger partial charge >= 0.3 is 5.97 Å². The topological polar surface area (TPSA) is 50.2 Å². The lowest BCUT2D eigenvalue weighted by Crippen LogP contribution is -2.21. The highest BCUT2D eigenvalue weighted by Crippen LogP contribution is 2.45. The number of aromatic nitrogens is 1. The summed E-state index contributed by atoms with van der Waals surface area (Å²) in [4.78, 5) is 15.3. The van der Waals surface area contributed by atoms with Crippen LogP contribution in [0, 0.1) is 0 Å². The summed E-state index contributed by atoms with van der Waals surface area (Å²) in [5, 5.41) is 11.4. The molecule has 1 aliphatic heterocycles. The SMILES string of the molecule is CC1SCC(c2ncc(C(=O)O)s2)SC1C. The molecule has 0 spiro atoms. The Morgan fingerprint density at radius 3 is 2.81 bits per heavy atom. The molecule has 1 aromatic rings. The van der Waals surface area contributed by atoms with Gasteiger partial charge in [0, 0.05) is 16.3 Å². The molecule has 3 nitrogen and oxygen atoms in total. The predicted octanol–water partition coefficient (Wildman–Crippen LogP) is 3.14. The van der Waals surface area contributed by atoms with Gasteiger partial charge in [0.1, 0.15) is 9.88 Å². The second-order valence-electron chi connectivity index (χ2n) is 3.74. The Bertz CT molecular complexity index is 393. The maximum absolute atomic E-state index is 10.8. The summed E-state index contributed by atoms with van der Waals surface area (Å²) < 4.78 is 0. The average Bonchev–Trinajstić information content (AvgIpc) is 2.71. The fourth-order valence-corrected chi connectivity index (χ4v) is 5.41. The molecule has 1 saturated heterocycles. The molecule has 1 aliphatic rings. The Kier molecular flexibility index (Phi) is 3.81. The molecular formula is C10H13NO2S3. The van der Waals surface area contributed by atoms with Crippen LogP contribution in [-0.4, -0.2) is 32.3 Å². The van der Waals surface area contributed by atoms with Crippen molar-refractivity contribution >= 4 is 40.8 Å². The average molecular weight is 275 g/mol. The lowest BCUT2D eigenvalue weighted by molar-refractivity contribution is 0.0702. The summed E-state index contributed by atoms with van der Waals surface area (Å²) in [5.41, 5.74) is 0. The minimum atomic E-state index is -0.876. The van der Waals surface area contributed by atoms with Gasteiger partial charge in [-0.25, -0.2) is 9.78 Å². The van der Waals surface area contributed by atoms with Crippen molar-refractivity contribution in [1.29, 1.82) is 0 Å². The van der Waals surface area contributed by atoms with Crippen LogP contribution in [0.25, 0.3) is 0 Å². The van der Waals surface area contributed by atoms with Gasteiger partial charge in [-0.1, -0.05) is 13.8 Å². The number of thioether (sulfide) groups is 2. The van der Waals surface area contributed by atoms with E-state index in [-0.39, 0.29) is 0 Å². The molecular weight excluding hydrogens is 262 g/mol. The first-order valence-corrected chi connectivity index (χ1v) is 7.85. The van der Waals surface area contributed by atoms with Gasteiger partial charge in [0.25, 0.3) is 0 Å². The van der Waals surface area contributed by atoms with Crippen LogP contribution in [0.1, 0.15) is 33.8 Å². The molecule has 0 aromatic carbocycles. The molecule has 3 unspecified atom stereocenters. The quantitative estimate of drug-likeness (QED) is 0.898. The minimum Gasteiger partial charge on any atom is -0.477 e. The standard InChI is InChI=1S/C10H13NO2S3/c1-5-6(2)15-8(4-14-5)9-11-3-7(16-9)10(12)13/h3,5-6,8H,4H2,1-2H3,(H,12,13). The highest BCUT2D eigenvalue weighted by Gasteiger charge is 2.28. The predicted molar refractivity (Wildman–Crippen MR) is 70.8 cm³/mol. The van der Waals surface area contributed by atoms with Gasteiger partial charge < -0.3 is 5.11 Å². The Morgan fingerprint density at radius 1 is 1.50 bits per heavy atom. The van der Waals surface area contributed by atoms with Crippen LogP contribution in [0.3, 0.4) is 0 Å². The molecule has 88 valence electrons. The van der Waals surface area contributed by atoms with Gasteiger partial charge in [-0.3, -0.25) is 0 Å². The number of carbonyl (C=O) groups is 1. The largest absolute Gasteiger partial charge is 0.477 e. The van der Waals surface area contributed by atoms with Gasteiger partial charge in [0.05, 0.1) is 11.4 Å². The van der Waals surface area contributed by atoms with Crippen LogP contribution in [0.4, 0.5) is 0 Å². The molecule has 1 aromatic heterocycles. The number of carboxylic acids is 1. The van der Waals surface area contributed by atoms with E-state index in [1.807, 2.05) is 23.5 Å². The van der Waals surface area contributed by atoms with Crippen molar-refractivity contribution in [2.45, 2.75) is 29.6 Å². The number of thiazole rings is 1. The third-order valence-corrected chi connectivity index (χ3v) is 7.21. The first kappa shape index (κ1) is 12.3. The van der Waals surface area contributed by atoms with E-state index in [4.69, 9.17) is 5.11 Å². The molecule has 1 fully saturated rings. The summed E-state index contributed by atoms with van der Waals surface area (Å²) >= 11 is 5.16. The molecule has 0 bridgehead atoms. The Hall–Kier alpha value is -0.200. The fraction of sp³-hybridized carbons (Fsp3) is 0.600. The number of nitrogens with zero attached hydrogens (tertiary/aromatic N) is 1. The molecule has 0 saturated carbocycles. The van der Waals surface area contributed by atoms with Gasteiger partial charge in [-0.05, 0) is 0 Å². The van der Waals surface area contributed by atoms with Crippen LogP contribution >= 0.6 is 34.9 Å². The molecule has 16 heavy (non-hydrogen) atoms. The van der Waals surface area contributed by atoms with Crippen LogP contribution < -0.4 is 0 Å². The van der Waals surface area contributed by atoms with Crippen LogP contribution in [0.2, 0.25) is 0 Å². The van der Waals surface area contributed by atoms with Gasteiger partial charge in [0.2, 0.25) is 0 Å². The minimum absolute atomic E-state index is 0.340. The van der Waals surface area contributed by atoms with E-state index in [0.29, 0.717) is 20.6 Å². The third kappa shape index (κ3) is 2.55. The molecule has 1 N–H and O–H groups in total. The normalized spacial score (nSPS) is 30.2. The first-order valence-electron chi connectivity index (χ1n) is 5.04. The van der Waals surface area contributed by atoms with Crippen LogP contribution in [0.15, 0.2) is 6.20 Å². The van der Waals surface area contributed by atoms with Crippen LogP contribution in [0.5, 0.6) is 0 Å². The number of rotatable bonds is 2. The van der Waals surface area contributed by atoms with Gasteiger partial charge in [-0.15, -0.1) is 23.1 Å². The van der Waals surface area contributed by atoms with Crippen molar-refractivity contribution in [3.63, 3.8) is 0 Å². The second kappa shape index (κ2) is 4.98. The smallest absolute Gasteiger partial charge is 0.347 e. The summed E-state index contributed by atoms with van der Waals surface area (Å²) in [7, 11) is 0. The molecule has 0 aliphatic carbocycles. The fourth-order valence-electron chi connectivity index (χ4n) is 1.45. The first-order chi connectivity index (χ1) is 7.58. The van der Waals surface area contributed by atoms with Crippen molar-refractivity contribution < 1.29 is 9.90 Å². The van der Waals surface area contributed by atoms with Gasteiger partial charge in [0.15, 0.2) is 0 Å². The van der Waals surface area contributed by atoms with Crippen molar-refractivity contribution in [2.75, 3.05) is 5.75 Å².